The van der Waals surface area contributed by atoms with Crippen molar-refractivity contribution in [2.24, 2.45) is 0 Å². The second-order valence-electron chi connectivity index (χ2n) is 7.15. The van der Waals surface area contributed by atoms with Crippen molar-refractivity contribution in [2.75, 3.05) is 7.11 Å². The summed E-state index contributed by atoms with van der Waals surface area (Å²) in [6.07, 6.45) is 1.66. The highest BCUT2D eigenvalue weighted by Gasteiger charge is 2.35. The van der Waals surface area contributed by atoms with Crippen LogP contribution >= 0.6 is 35.0 Å². The van der Waals surface area contributed by atoms with Crippen molar-refractivity contribution < 1.29 is 19.1 Å². The molecule has 0 spiro atoms. The van der Waals surface area contributed by atoms with E-state index in [0.29, 0.717) is 37.6 Å². The molecule has 0 aromatic heterocycles. The Kier molecular flexibility index (Phi) is 7.28. The molecule has 0 unspecified atom stereocenters. The molecule has 2 amide bonds. The predicted molar refractivity (Wildman–Crippen MR) is 132 cm³/mol. The number of halogens is 2. The number of nitrogens with zero attached hydrogens (tertiary/aromatic N) is 1. The highest BCUT2D eigenvalue weighted by molar-refractivity contribution is 8.18. The highest BCUT2D eigenvalue weighted by Crippen LogP contribution is 2.36. The number of rotatable bonds is 7. The number of amides is 2. The Morgan fingerprint density at radius 2 is 1.58 bits per heavy atom. The highest BCUT2D eigenvalue weighted by atomic mass is 35.5. The number of hydrogen-bond acceptors (Lipinski definition) is 5. The maximum Gasteiger partial charge on any atom is 0.293 e. The Bertz CT molecular complexity index is 1240. The van der Waals surface area contributed by atoms with Gasteiger partial charge in [0.2, 0.25) is 0 Å². The molecule has 8 heteroatoms. The van der Waals surface area contributed by atoms with Gasteiger partial charge in [-0.1, -0.05) is 65.7 Å². The van der Waals surface area contributed by atoms with Crippen molar-refractivity contribution in [3.05, 3.63) is 98.4 Å². The standard InChI is InChI=1S/C25H19Cl2NO4S/c1-31-22-12-16(10-11-21(22)32-15-18-7-3-5-9-20(18)27)13-23-24(29)28(25(30)33-23)14-17-6-2-4-8-19(17)26/h2-13H,14-15H2,1H3/b23-13-. The molecule has 0 N–H and O–H groups in total. The average Bonchev–Trinajstić information content (AvgIpc) is 3.07. The van der Waals surface area contributed by atoms with Crippen molar-refractivity contribution in [2.45, 2.75) is 13.2 Å². The summed E-state index contributed by atoms with van der Waals surface area (Å²) in [5, 5.41) is 0.802. The SMILES string of the molecule is COc1cc(/C=C2\SC(=O)N(Cc3ccccc3Cl)C2=O)ccc1OCc1ccccc1Cl. The van der Waals surface area contributed by atoms with Crippen LogP contribution in [0.25, 0.3) is 6.08 Å². The fourth-order valence-electron chi connectivity index (χ4n) is 3.25. The van der Waals surface area contributed by atoms with E-state index in [1.54, 1.807) is 55.7 Å². The second-order valence-corrected chi connectivity index (χ2v) is 8.96. The summed E-state index contributed by atoms with van der Waals surface area (Å²) in [4.78, 5) is 26.8. The van der Waals surface area contributed by atoms with E-state index in [1.165, 1.54) is 4.90 Å². The van der Waals surface area contributed by atoms with Crippen molar-refractivity contribution in [3.8, 4) is 11.5 Å². The summed E-state index contributed by atoms with van der Waals surface area (Å²) in [6, 6.07) is 19.9. The Morgan fingerprint density at radius 3 is 2.24 bits per heavy atom. The molecule has 3 aromatic rings. The van der Waals surface area contributed by atoms with Gasteiger partial charge in [0.1, 0.15) is 6.61 Å². The van der Waals surface area contributed by atoms with Crippen molar-refractivity contribution in [1.29, 1.82) is 0 Å². The fraction of sp³-hybridized carbons (Fsp3) is 0.120. The Morgan fingerprint density at radius 1 is 0.909 bits per heavy atom. The van der Waals surface area contributed by atoms with E-state index < -0.39 is 0 Å². The predicted octanol–water partition coefficient (Wildman–Crippen LogP) is 6.82. The first kappa shape index (κ1) is 23.2. The summed E-state index contributed by atoms with van der Waals surface area (Å²) >= 11 is 13.3. The molecular weight excluding hydrogens is 481 g/mol. The van der Waals surface area contributed by atoms with Crippen LogP contribution in [-0.2, 0) is 17.9 Å². The monoisotopic (exact) mass is 499 g/mol. The van der Waals surface area contributed by atoms with E-state index in [2.05, 4.69) is 0 Å². The number of hydrogen-bond donors (Lipinski definition) is 0. The molecule has 168 valence electrons. The number of carbonyl (C=O) groups excluding carboxylic acids is 2. The van der Waals surface area contributed by atoms with E-state index in [4.69, 9.17) is 32.7 Å². The number of thioether (sulfide) groups is 1. The maximum absolute atomic E-state index is 12.9. The van der Waals surface area contributed by atoms with Gasteiger partial charge in [-0.2, -0.15) is 0 Å². The van der Waals surface area contributed by atoms with Gasteiger partial charge in [0, 0.05) is 15.6 Å². The molecule has 0 atom stereocenters. The van der Waals surface area contributed by atoms with Crippen LogP contribution in [0.3, 0.4) is 0 Å². The average molecular weight is 500 g/mol. The molecule has 3 aromatic carbocycles. The molecule has 0 bridgehead atoms. The van der Waals surface area contributed by atoms with Crippen LogP contribution in [0, 0.1) is 0 Å². The smallest absolute Gasteiger partial charge is 0.293 e. The largest absolute Gasteiger partial charge is 0.493 e. The van der Waals surface area contributed by atoms with Crippen LogP contribution in [0.4, 0.5) is 4.79 Å². The van der Waals surface area contributed by atoms with Crippen molar-refractivity contribution >= 4 is 52.2 Å². The number of ether oxygens (including phenoxy) is 2. The number of carbonyl (C=O) groups is 2. The molecule has 1 saturated heterocycles. The van der Waals surface area contributed by atoms with Gasteiger partial charge in [-0.3, -0.25) is 14.5 Å². The molecule has 1 heterocycles. The maximum atomic E-state index is 12.9. The molecule has 0 radical (unpaired) electrons. The lowest BCUT2D eigenvalue weighted by Gasteiger charge is -2.13. The Balaban J connectivity index is 1.50. The zero-order valence-corrected chi connectivity index (χ0v) is 19.9. The molecule has 5 nitrogen and oxygen atoms in total. The first-order chi connectivity index (χ1) is 16.0. The lowest BCUT2D eigenvalue weighted by atomic mass is 10.1. The minimum atomic E-state index is -0.358. The molecular formula is C25H19Cl2NO4S. The van der Waals surface area contributed by atoms with Gasteiger partial charge in [0.25, 0.3) is 11.1 Å². The zero-order chi connectivity index (χ0) is 23.4. The summed E-state index contributed by atoms with van der Waals surface area (Å²) in [7, 11) is 1.54. The van der Waals surface area contributed by atoms with Crippen LogP contribution in [0.2, 0.25) is 10.0 Å². The third-order valence-electron chi connectivity index (χ3n) is 4.99. The van der Waals surface area contributed by atoms with E-state index in [0.717, 1.165) is 17.3 Å². The van der Waals surface area contributed by atoms with E-state index in [1.807, 2.05) is 24.3 Å². The normalized spacial score (nSPS) is 14.8. The Hall–Kier alpha value is -2.93. The number of imide groups is 1. The van der Waals surface area contributed by atoms with Gasteiger partial charge in [0.05, 0.1) is 18.6 Å². The molecule has 1 fully saturated rings. The zero-order valence-electron chi connectivity index (χ0n) is 17.6. The van der Waals surface area contributed by atoms with Gasteiger partial charge in [-0.25, -0.2) is 0 Å². The van der Waals surface area contributed by atoms with Crippen LogP contribution in [0.1, 0.15) is 16.7 Å². The third kappa shape index (κ3) is 5.36. The molecule has 4 rings (SSSR count). The van der Waals surface area contributed by atoms with Crippen LogP contribution in [-0.4, -0.2) is 23.2 Å². The first-order valence-corrected chi connectivity index (χ1v) is 11.6. The summed E-state index contributed by atoms with van der Waals surface area (Å²) in [6.45, 7) is 0.413. The lowest BCUT2D eigenvalue weighted by Crippen LogP contribution is -2.27. The summed E-state index contributed by atoms with van der Waals surface area (Å²) in [5.74, 6) is 0.690. The van der Waals surface area contributed by atoms with Crippen LogP contribution in [0.15, 0.2) is 71.6 Å². The molecule has 0 aliphatic carbocycles. The molecule has 1 aliphatic heterocycles. The fourth-order valence-corrected chi connectivity index (χ4v) is 4.47. The van der Waals surface area contributed by atoms with Crippen molar-refractivity contribution in [3.63, 3.8) is 0 Å². The first-order valence-electron chi connectivity index (χ1n) is 9.99. The van der Waals surface area contributed by atoms with E-state index >= 15 is 0 Å². The summed E-state index contributed by atoms with van der Waals surface area (Å²) in [5.41, 5.74) is 2.28. The minimum absolute atomic E-state index is 0.125. The van der Waals surface area contributed by atoms with E-state index in [-0.39, 0.29) is 24.3 Å². The lowest BCUT2D eigenvalue weighted by molar-refractivity contribution is -0.123. The number of benzene rings is 3. The van der Waals surface area contributed by atoms with Crippen LogP contribution in [0.5, 0.6) is 11.5 Å². The van der Waals surface area contributed by atoms with Gasteiger partial charge < -0.3 is 9.47 Å². The number of methoxy groups -OCH3 is 1. The molecule has 33 heavy (non-hydrogen) atoms. The summed E-state index contributed by atoms with van der Waals surface area (Å²) < 4.78 is 11.3. The Labute approximate surface area is 205 Å². The molecule has 0 saturated carbocycles. The van der Waals surface area contributed by atoms with Gasteiger partial charge in [-0.05, 0) is 53.2 Å². The minimum Gasteiger partial charge on any atom is -0.493 e. The van der Waals surface area contributed by atoms with Gasteiger partial charge in [0.15, 0.2) is 11.5 Å². The van der Waals surface area contributed by atoms with Gasteiger partial charge >= 0.3 is 0 Å². The molecule has 1 aliphatic rings. The van der Waals surface area contributed by atoms with Crippen LogP contribution < -0.4 is 9.47 Å². The third-order valence-corrected chi connectivity index (χ3v) is 6.63. The quantitative estimate of drug-likeness (QED) is 0.334. The topological polar surface area (TPSA) is 55.8 Å². The van der Waals surface area contributed by atoms with E-state index in [9.17, 15) is 9.59 Å². The van der Waals surface area contributed by atoms with Gasteiger partial charge in [-0.15, -0.1) is 0 Å². The second kappa shape index (κ2) is 10.3. The van der Waals surface area contributed by atoms with Crippen molar-refractivity contribution in [1.82, 2.24) is 4.90 Å².